The lowest BCUT2D eigenvalue weighted by atomic mass is 10.1. The number of ether oxygens (including phenoxy) is 2. The molecule has 0 aromatic carbocycles. The summed E-state index contributed by atoms with van der Waals surface area (Å²) in [4.78, 5) is 0. The minimum absolute atomic E-state index is 0.0307. The molecule has 0 aromatic heterocycles. The zero-order chi connectivity index (χ0) is 13.8. The summed E-state index contributed by atoms with van der Waals surface area (Å²) in [5, 5.41) is 9.66. The zero-order valence-corrected chi connectivity index (χ0v) is 12.1. The Labute approximate surface area is 117 Å². The number of hydrogen-bond acceptors (Lipinski definition) is 3. The number of unbranched alkanes of at least 4 members (excludes halogenated alkanes) is 2. The highest BCUT2D eigenvalue weighted by Crippen LogP contribution is 2.14. The van der Waals surface area contributed by atoms with Crippen molar-refractivity contribution in [3.63, 3.8) is 0 Å². The van der Waals surface area contributed by atoms with Gasteiger partial charge in [-0.3, -0.25) is 0 Å². The van der Waals surface area contributed by atoms with Crippen LogP contribution >= 0.6 is 0 Å². The van der Waals surface area contributed by atoms with Gasteiger partial charge in [-0.05, 0) is 39.0 Å². The van der Waals surface area contributed by atoms with Crippen LogP contribution in [-0.2, 0) is 9.47 Å². The molecule has 110 valence electrons. The maximum atomic E-state index is 9.66. The van der Waals surface area contributed by atoms with Gasteiger partial charge >= 0.3 is 0 Å². The fourth-order valence-corrected chi connectivity index (χ4v) is 2.09. The Balaban J connectivity index is 1.90. The smallest absolute Gasteiger partial charge is 0.157 e. The molecule has 0 saturated carbocycles. The van der Waals surface area contributed by atoms with Crippen LogP contribution in [0.1, 0.15) is 51.9 Å². The summed E-state index contributed by atoms with van der Waals surface area (Å²) in [6.45, 7) is 3.58. The summed E-state index contributed by atoms with van der Waals surface area (Å²) in [7, 11) is 0. The normalized spacial score (nSPS) is 22.3. The lowest BCUT2D eigenvalue weighted by Crippen LogP contribution is -2.22. The average molecular weight is 268 g/mol. The zero-order valence-electron chi connectivity index (χ0n) is 12.1. The SMILES string of the molecule is C/C=C/C=C/C(O)CCCCCOC1CCCCO1. The Morgan fingerprint density at radius 1 is 1.26 bits per heavy atom. The predicted octanol–water partition coefficient (Wildman–Crippen LogP) is 3.58. The van der Waals surface area contributed by atoms with E-state index in [4.69, 9.17) is 9.47 Å². The molecule has 2 unspecified atom stereocenters. The maximum absolute atomic E-state index is 9.66. The minimum atomic E-state index is -0.321. The molecule has 0 spiro atoms. The van der Waals surface area contributed by atoms with Crippen LogP contribution in [0.2, 0.25) is 0 Å². The molecule has 3 heteroatoms. The highest BCUT2D eigenvalue weighted by atomic mass is 16.7. The first-order valence-corrected chi connectivity index (χ1v) is 7.53. The summed E-state index contributed by atoms with van der Waals surface area (Å²) in [5.41, 5.74) is 0. The van der Waals surface area contributed by atoms with Gasteiger partial charge in [0.25, 0.3) is 0 Å². The molecule has 1 heterocycles. The van der Waals surface area contributed by atoms with Crippen molar-refractivity contribution in [2.45, 2.75) is 64.3 Å². The van der Waals surface area contributed by atoms with Crippen molar-refractivity contribution in [1.82, 2.24) is 0 Å². The minimum Gasteiger partial charge on any atom is -0.389 e. The fourth-order valence-electron chi connectivity index (χ4n) is 2.09. The molecule has 19 heavy (non-hydrogen) atoms. The van der Waals surface area contributed by atoms with Gasteiger partial charge in [-0.15, -0.1) is 0 Å². The van der Waals surface area contributed by atoms with Crippen LogP contribution < -0.4 is 0 Å². The third kappa shape index (κ3) is 8.98. The molecule has 2 atom stereocenters. The first kappa shape index (κ1) is 16.4. The molecule has 0 aliphatic carbocycles. The average Bonchev–Trinajstić information content (AvgIpc) is 2.44. The Bertz CT molecular complexity index is 255. The van der Waals surface area contributed by atoms with E-state index in [1.807, 2.05) is 31.2 Å². The van der Waals surface area contributed by atoms with E-state index in [1.54, 1.807) is 0 Å². The quantitative estimate of drug-likeness (QED) is 0.513. The second-order valence-corrected chi connectivity index (χ2v) is 4.99. The van der Waals surface area contributed by atoms with E-state index in [2.05, 4.69) is 0 Å². The molecule has 1 aliphatic heterocycles. The van der Waals surface area contributed by atoms with Crippen molar-refractivity contribution in [3.05, 3.63) is 24.3 Å². The van der Waals surface area contributed by atoms with Crippen molar-refractivity contribution in [1.29, 1.82) is 0 Å². The molecular formula is C16H28O3. The largest absolute Gasteiger partial charge is 0.389 e. The molecule has 1 rings (SSSR count). The van der Waals surface area contributed by atoms with Crippen molar-refractivity contribution < 1.29 is 14.6 Å². The molecule has 0 amide bonds. The Morgan fingerprint density at radius 2 is 2.16 bits per heavy atom. The third-order valence-corrected chi connectivity index (χ3v) is 3.22. The van der Waals surface area contributed by atoms with E-state index in [9.17, 15) is 5.11 Å². The van der Waals surface area contributed by atoms with Crippen LogP contribution in [0.25, 0.3) is 0 Å². The highest BCUT2D eigenvalue weighted by molar-refractivity contribution is 5.03. The Kier molecular flexibility index (Phi) is 9.68. The summed E-state index contributed by atoms with van der Waals surface area (Å²) in [5.74, 6) is 0. The van der Waals surface area contributed by atoms with Gasteiger partial charge in [0.05, 0.1) is 6.10 Å². The van der Waals surface area contributed by atoms with Crippen LogP contribution in [0.15, 0.2) is 24.3 Å². The monoisotopic (exact) mass is 268 g/mol. The molecular weight excluding hydrogens is 240 g/mol. The Morgan fingerprint density at radius 3 is 2.89 bits per heavy atom. The van der Waals surface area contributed by atoms with E-state index >= 15 is 0 Å². The van der Waals surface area contributed by atoms with Crippen LogP contribution in [-0.4, -0.2) is 30.7 Å². The van der Waals surface area contributed by atoms with E-state index in [0.717, 1.165) is 45.3 Å². The number of aliphatic hydroxyl groups is 1. The van der Waals surface area contributed by atoms with Gasteiger partial charge in [-0.25, -0.2) is 0 Å². The standard InChI is InChI=1S/C16H28O3/c1-2-3-5-10-15(17)11-6-4-8-13-18-16-12-7-9-14-19-16/h2-3,5,10,15-17H,4,6-9,11-14H2,1H3/b3-2+,10-5+. The summed E-state index contributed by atoms with van der Waals surface area (Å²) in [6.07, 6.45) is 14.8. The molecule has 0 bridgehead atoms. The highest BCUT2D eigenvalue weighted by Gasteiger charge is 2.13. The number of rotatable bonds is 9. The number of aliphatic hydroxyl groups excluding tert-OH is 1. The van der Waals surface area contributed by atoms with Crippen molar-refractivity contribution in [2.24, 2.45) is 0 Å². The van der Waals surface area contributed by atoms with E-state index in [0.29, 0.717) is 0 Å². The summed E-state index contributed by atoms with van der Waals surface area (Å²) < 4.78 is 11.2. The van der Waals surface area contributed by atoms with Gasteiger partial charge in [-0.1, -0.05) is 37.1 Å². The topological polar surface area (TPSA) is 38.7 Å². The molecule has 1 N–H and O–H groups in total. The first-order chi connectivity index (χ1) is 9.33. The molecule has 1 aliphatic rings. The fraction of sp³-hybridized carbons (Fsp3) is 0.750. The van der Waals surface area contributed by atoms with E-state index < -0.39 is 0 Å². The van der Waals surface area contributed by atoms with Crippen LogP contribution in [0, 0.1) is 0 Å². The molecule has 0 aromatic rings. The van der Waals surface area contributed by atoms with Crippen molar-refractivity contribution in [2.75, 3.05) is 13.2 Å². The molecule has 3 nitrogen and oxygen atoms in total. The van der Waals surface area contributed by atoms with Gasteiger partial charge in [0.2, 0.25) is 0 Å². The van der Waals surface area contributed by atoms with Crippen LogP contribution in [0.5, 0.6) is 0 Å². The predicted molar refractivity (Wildman–Crippen MR) is 78.0 cm³/mol. The lowest BCUT2D eigenvalue weighted by Gasteiger charge is -2.22. The van der Waals surface area contributed by atoms with Gasteiger partial charge < -0.3 is 14.6 Å². The summed E-state index contributed by atoms with van der Waals surface area (Å²) >= 11 is 0. The van der Waals surface area contributed by atoms with E-state index in [1.165, 1.54) is 12.8 Å². The molecule has 1 fully saturated rings. The molecule has 0 radical (unpaired) electrons. The van der Waals surface area contributed by atoms with Crippen LogP contribution in [0.3, 0.4) is 0 Å². The van der Waals surface area contributed by atoms with Crippen molar-refractivity contribution >= 4 is 0 Å². The second kappa shape index (κ2) is 11.2. The van der Waals surface area contributed by atoms with Crippen molar-refractivity contribution in [3.8, 4) is 0 Å². The van der Waals surface area contributed by atoms with Gasteiger partial charge in [0, 0.05) is 13.2 Å². The van der Waals surface area contributed by atoms with Gasteiger partial charge in [0.1, 0.15) is 0 Å². The lowest BCUT2D eigenvalue weighted by molar-refractivity contribution is -0.162. The van der Waals surface area contributed by atoms with Gasteiger partial charge in [-0.2, -0.15) is 0 Å². The third-order valence-electron chi connectivity index (χ3n) is 3.22. The van der Waals surface area contributed by atoms with E-state index in [-0.39, 0.29) is 12.4 Å². The second-order valence-electron chi connectivity index (χ2n) is 4.99. The molecule has 1 saturated heterocycles. The first-order valence-electron chi connectivity index (χ1n) is 7.53. The number of hydrogen-bond donors (Lipinski definition) is 1. The summed E-state index contributed by atoms with van der Waals surface area (Å²) in [6, 6.07) is 0. The van der Waals surface area contributed by atoms with Crippen LogP contribution in [0.4, 0.5) is 0 Å². The number of allylic oxidation sites excluding steroid dienone is 3. The van der Waals surface area contributed by atoms with Gasteiger partial charge in [0.15, 0.2) is 6.29 Å². The maximum Gasteiger partial charge on any atom is 0.157 e. The Hall–Kier alpha value is -0.640.